The number of rotatable bonds is 20. The van der Waals surface area contributed by atoms with Crippen LogP contribution in [0.4, 0.5) is 0 Å². The van der Waals surface area contributed by atoms with Crippen molar-refractivity contribution >= 4 is 109 Å². The summed E-state index contributed by atoms with van der Waals surface area (Å²) >= 11 is 3.97. The Morgan fingerprint density at radius 1 is 0.232 bits per heavy atom. The highest BCUT2D eigenvalue weighted by Crippen LogP contribution is 2.48. The zero-order valence-electron chi connectivity index (χ0n) is 48.6. The van der Waals surface area contributed by atoms with E-state index in [4.69, 9.17) is 0 Å². The smallest absolute Gasteiger partial charge is 0.0351 e. The van der Waals surface area contributed by atoms with Crippen LogP contribution in [0.25, 0.3) is 129 Å². The van der Waals surface area contributed by atoms with E-state index < -0.39 is 0 Å². The van der Waals surface area contributed by atoms with Crippen LogP contribution in [-0.4, -0.2) is 0 Å². The predicted octanol–water partition coefficient (Wildman–Crippen LogP) is 25.2. The topological polar surface area (TPSA) is 0 Å². The van der Waals surface area contributed by atoms with Crippen LogP contribution in [0.1, 0.15) is 126 Å². The van der Waals surface area contributed by atoms with Crippen LogP contribution in [0.5, 0.6) is 0 Å². The first-order chi connectivity index (χ1) is 40.5. The van der Waals surface area contributed by atoms with Crippen molar-refractivity contribution in [2.45, 2.75) is 130 Å². The van der Waals surface area contributed by atoms with Crippen molar-refractivity contribution in [2.24, 2.45) is 0 Å². The molecule has 0 aliphatic rings. The number of aryl methyl sites for hydroxylation is 4. The van der Waals surface area contributed by atoms with Crippen molar-refractivity contribution in [1.82, 2.24) is 0 Å². The van der Waals surface area contributed by atoms with Gasteiger partial charge in [0.05, 0.1) is 0 Å². The van der Waals surface area contributed by atoms with Gasteiger partial charge in [0.25, 0.3) is 0 Å². The van der Waals surface area contributed by atoms with Crippen molar-refractivity contribution < 1.29 is 0 Å². The van der Waals surface area contributed by atoms with Gasteiger partial charge in [-0.05, 0) is 206 Å². The summed E-state index contributed by atoms with van der Waals surface area (Å²) in [7, 11) is 0. The Labute approximate surface area is 494 Å². The summed E-state index contributed by atoms with van der Waals surface area (Å²) in [5.41, 5.74) is 10.8. The molecule has 2 heteroatoms. The Balaban J connectivity index is 0.000000154. The van der Waals surface area contributed by atoms with Gasteiger partial charge in [0.15, 0.2) is 0 Å². The average molecular weight is 1100 g/mol. The van der Waals surface area contributed by atoms with Crippen LogP contribution in [-0.2, 0) is 25.7 Å². The van der Waals surface area contributed by atoms with Crippen molar-refractivity contribution in [1.29, 1.82) is 0 Å². The first kappa shape index (κ1) is 53.9. The molecule has 0 amide bonds. The summed E-state index contributed by atoms with van der Waals surface area (Å²) in [6.45, 7) is 9.09. The van der Waals surface area contributed by atoms with E-state index in [-0.39, 0.29) is 0 Å². The maximum Gasteiger partial charge on any atom is 0.0351 e. The Hall–Kier alpha value is -7.36. The van der Waals surface area contributed by atoms with E-state index in [1.54, 1.807) is 0 Å². The molecule has 0 atom stereocenters. The maximum absolute atomic E-state index is 2.39. The molecule has 0 spiro atoms. The van der Waals surface area contributed by atoms with Gasteiger partial charge in [-0.2, -0.15) is 0 Å². The van der Waals surface area contributed by atoms with Crippen LogP contribution in [0.15, 0.2) is 194 Å². The monoisotopic (exact) mass is 1100 g/mol. The van der Waals surface area contributed by atoms with Gasteiger partial charge in [-0.25, -0.2) is 0 Å². The second-order valence-electron chi connectivity index (χ2n) is 23.3. The van der Waals surface area contributed by atoms with Crippen LogP contribution in [0.2, 0.25) is 0 Å². The molecule has 0 unspecified atom stereocenters. The molecule has 0 bridgehead atoms. The summed E-state index contributed by atoms with van der Waals surface area (Å²) in [6.07, 6.45) is 20.2. The Morgan fingerprint density at radius 2 is 0.537 bits per heavy atom. The number of fused-ring (bicyclic) bond motifs is 4. The lowest BCUT2D eigenvalue weighted by Crippen LogP contribution is -1.91. The standard InChI is InChI=1S/C40H40S2.C40H36/c1-3-5-7-9-13-27-19-25-37(41-27)29-21-23-35-34-18-12-16-32-30(38-26-20-28(42-38)14-10-8-6-4-2)22-24-36(40(32)34)33-17-11-15-31(29)39(33)35;1-3-5-9-27-15-19-29(20-16-27)31-23-25-37-36-14-8-12-34-32(30-21-17-28(18-22-30)10-6-4-2)24-26-38(40(34)36)35-13-7-11-33(31)39(35)37/h11-12,15-26H,3-10,13-14H2,1-2H3;7-8,11-26H,3-6,9-10H2,1-2H3. The molecule has 0 fully saturated rings. The third-order valence-electron chi connectivity index (χ3n) is 17.9. The summed E-state index contributed by atoms with van der Waals surface area (Å²) in [5, 5.41) is 21.9. The minimum Gasteiger partial charge on any atom is -0.140 e. The van der Waals surface area contributed by atoms with Crippen molar-refractivity contribution in [3.8, 4) is 43.1 Å². The zero-order valence-corrected chi connectivity index (χ0v) is 50.2. The van der Waals surface area contributed by atoms with Crippen molar-refractivity contribution in [3.05, 3.63) is 215 Å². The zero-order chi connectivity index (χ0) is 55.5. The van der Waals surface area contributed by atoms with Gasteiger partial charge in [0.2, 0.25) is 0 Å². The highest BCUT2D eigenvalue weighted by Gasteiger charge is 2.20. The summed E-state index contributed by atoms with van der Waals surface area (Å²) in [6, 6.07) is 74.5. The minimum absolute atomic E-state index is 1.16. The number of hydrogen-bond donors (Lipinski definition) is 0. The molecule has 408 valence electrons. The fourth-order valence-electron chi connectivity index (χ4n) is 13.6. The molecule has 12 aromatic carbocycles. The summed E-state index contributed by atoms with van der Waals surface area (Å²) in [5.74, 6) is 0. The van der Waals surface area contributed by atoms with E-state index in [1.165, 1.54) is 240 Å². The maximum atomic E-state index is 2.39. The van der Waals surface area contributed by atoms with E-state index in [9.17, 15) is 0 Å². The van der Waals surface area contributed by atoms with Crippen LogP contribution >= 0.6 is 22.7 Å². The molecule has 14 rings (SSSR count). The fraction of sp³-hybridized carbons (Fsp3) is 0.250. The lowest BCUT2D eigenvalue weighted by molar-refractivity contribution is 0.670. The predicted molar refractivity (Wildman–Crippen MR) is 366 cm³/mol. The molecule has 0 nitrogen and oxygen atoms in total. The van der Waals surface area contributed by atoms with Gasteiger partial charge >= 0.3 is 0 Å². The lowest BCUT2D eigenvalue weighted by Gasteiger charge is -2.18. The van der Waals surface area contributed by atoms with Gasteiger partial charge < -0.3 is 0 Å². The van der Waals surface area contributed by atoms with Gasteiger partial charge in [0.1, 0.15) is 0 Å². The van der Waals surface area contributed by atoms with Crippen LogP contribution < -0.4 is 0 Å². The van der Waals surface area contributed by atoms with E-state index in [0.29, 0.717) is 0 Å². The average Bonchev–Trinajstić information content (AvgIpc) is 1.34. The third kappa shape index (κ3) is 10.3. The van der Waals surface area contributed by atoms with Gasteiger partial charge in [-0.15, -0.1) is 22.7 Å². The summed E-state index contributed by atoms with van der Waals surface area (Å²) in [4.78, 5) is 5.82. The van der Waals surface area contributed by atoms with Gasteiger partial charge in [-0.1, -0.05) is 249 Å². The number of hydrogen-bond acceptors (Lipinski definition) is 2. The van der Waals surface area contributed by atoms with Crippen LogP contribution in [0.3, 0.4) is 0 Å². The fourth-order valence-corrected chi connectivity index (χ4v) is 15.8. The highest BCUT2D eigenvalue weighted by atomic mass is 32.1. The number of thiophene rings is 2. The molecule has 0 aliphatic heterocycles. The molecule has 2 aromatic heterocycles. The van der Waals surface area contributed by atoms with E-state index in [0.717, 1.165) is 12.8 Å². The molecule has 0 saturated heterocycles. The molecule has 0 N–H and O–H groups in total. The SMILES string of the molecule is CCCCCCc1ccc(-c2ccc3c4cccc5c(-c6ccc(CCCCCC)s6)ccc(c6cccc2c63)c54)s1.CCCCc1ccc(-c2ccc3c4cccc5c(-c6ccc(CCCC)cc6)ccc(c6cccc2c63)c54)cc1. The second-order valence-corrected chi connectivity index (χ2v) is 25.6. The van der Waals surface area contributed by atoms with Gasteiger partial charge in [-0.3, -0.25) is 0 Å². The third-order valence-corrected chi connectivity index (χ3v) is 20.3. The Morgan fingerprint density at radius 3 is 0.878 bits per heavy atom. The Kier molecular flexibility index (Phi) is 15.9. The molecule has 2 heterocycles. The lowest BCUT2D eigenvalue weighted by atomic mass is 9.85. The quantitative estimate of drug-likeness (QED) is 0.0405. The molecule has 0 radical (unpaired) electrons. The number of unbranched alkanes of at least 4 members (excludes halogenated alkanes) is 8. The second kappa shape index (κ2) is 24.2. The van der Waals surface area contributed by atoms with Crippen molar-refractivity contribution in [3.63, 3.8) is 0 Å². The molecule has 0 saturated carbocycles. The van der Waals surface area contributed by atoms with Gasteiger partial charge in [0, 0.05) is 19.5 Å². The number of benzene rings is 12. The molecular formula is C80H76S2. The molecule has 0 aliphatic carbocycles. The van der Waals surface area contributed by atoms with Crippen LogP contribution in [0, 0.1) is 0 Å². The highest BCUT2D eigenvalue weighted by molar-refractivity contribution is 7.16. The largest absolute Gasteiger partial charge is 0.140 e. The van der Waals surface area contributed by atoms with Crippen molar-refractivity contribution in [2.75, 3.05) is 0 Å². The summed E-state index contributed by atoms with van der Waals surface area (Å²) < 4.78 is 0. The molecular weight excluding hydrogens is 1030 g/mol. The molecule has 14 aromatic rings. The van der Waals surface area contributed by atoms with E-state index in [1.807, 2.05) is 22.7 Å². The molecule has 82 heavy (non-hydrogen) atoms. The minimum atomic E-state index is 1.16. The van der Waals surface area contributed by atoms with E-state index in [2.05, 4.69) is 222 Å². The normalized spacial score (nSPS) is 12.0. The Bertz CT molecular complexity index is 4160. The first-order valence-corrected chi connectivity index (χ1v) is 32.8. The van der Waals surface area contributed by atoms with E-state index >= 15 is 0 Å². The first-order valence-electron chi connectivity index (χ1n) is 31.1.